The van der Waals surface area contributed by atoms with E-state index >= 15 is 0 Å². The van der Waals surface area contributed by atoms with Gasteiger partial charge in [0.2, 0.25) is 0 Å². The molecule has 0 saturated carbocycles. The van der Waals surface area contributed by atoms with Crippen LogP contribution < -0.4 is 4.74 Å². The van der Waals surface area contributed by atoms with Crippen LogP contribution in [0.1, 0.15) is 25.5 Å². The minimum Gasteiger partial charge on any atom is -0.490 e. The number of ether oxygens (including phenoxy) is 2. The van der Waals surface area contributed by atoms with Crippen LogP contribution in [0, 0.1) is 0 Å². The van der Waals surface area contributed by atoms with Gasteiger partial charge >= 0.3 is 0 Å². The fourth-order valence-corrected chi connectivity index (χ4v) is 1.59. The summed E-state index contributed by atoms with van der Waals surface area (Å²) in [6.07, 6.45) is -0.512. The Labute approximate surface area is 105 Å². The van der Waals surface area contributed by atoms with Gasteiger partial charge < -0.3 is 14.6 Å². The van der Waals surface area contributed by atoms with Gasteiger partial charge in [-0.3, -0.25) is 0 Å². The number of halogens is 1. The molecule has 0 bridgehead atoms. The fraction of sp³-hybridized carbons (Fsp3) is 0.500. The molecule has 0 aliphatic heterocycles. The average molecular weight is 289 g/mol. The first-order valence-electron chi connectivity index (χ1n) is 5.17. The highest BCUT2D eigenvalue weighted by atomic mass is 79.9. The molecule has 3 nitrogen and oxygen atoms in total. The highest BCUT2D eigenvalue weighted by Gasteiger charge is 2.10. The molecule has 1 unspecified atom stereocenters. The van der Waals surface area contributed by atoms with E-state index in [-0.39, 0.29) is 6.10 Å². The lowest BCUT2D eigenvalue weighted by atomic mass is 10.1. The molecule has 1 rings (SSSR count). The zero-order chi connectivity index (χ0) is 12.1. The monoisotopic (exact) mass is 288 g/mol. The van der Waals surface area contributed by atoms with Gasteiger partial charge in [0.15, 0.2) is 0 Å². The van der Waals surface area contributed by atoms with Crippen LogP contribution in [0.2, 0.25) is 0 Å². The van der Waals surface area contributed by atoms with Crippen molar-refractivity contribution in [1.29, 1.82) is 0 Å². The third kappa shape index (κ3) is 3.77. The van der Waals surface area contributed by atoms with Crippen LogP contribution in [-0.2, 0) is 4.74 Å². The molecule has 2 atom stereocenters. The summed E-state index contributed by atoms with van der Waals surface area (Å²) in [5.74, 6) is 0.688. The number of hydrogen-bond donors (Lipinski definition) is 1. The van der Waals surface area contributed by atoms with E-state index in [4.69, 9.17) is 9.47 Å². The molecule has 0 aliphatic rings. The van der Waals surface area contributed by atoms with Crippen molar-refractivity contribution in [3.63, 3.8) is 0 Å². The molecule has 1 N–H and O–H groups in total. The molecule has 1 aromatic carbocycles. The largest absolute Gasteiger partial charge is 0.490 e. The third-order valence-electron chi connectivity index (χ3n) is 2.30. The van der Waals surface area contributed by atoms with E-state index in [1.165, 1.54) is 0 Å². The van der Waals surface area contributed by atoms with Crippen molar-refractivity contribution in [2.75, 3.05) is 13.7 Å². The molecule has 0 fully saturated rings. The van der Waals surface area contributed by atoms with E-state index in [9.17, 15) is 5.11 Å². The summed E-state index contributed by atoms with van der Waals surface area (Å²) in [7, 11) is 1.64. The standard InChI is InChI=1S/C12H17BrO3/c1-8(15-3)7-16-12-6-10(13)4-5-11(12)9(2)14/h4-6,8-9,14H,7H2,1-3H3/t8?,9-/m0/s1. The highest BCUT2D eigenvalue weighted by molar-refractivity contribution is 9.10. The molecular weight excluding hydrogens is 272 g/mol. The second-order valence-corrected chi connectivity index (χ2v) is 4.63. The van der Waals surface area contributed by atoms with Crippen LogP contribution >= 0.6 is 15.9 Å². The Bertz CT molecular complexity index is 339. The summed E-state index contributed by atoms with van der Waals surface area (Å²) in [6, 6.07) is 5.58. The summed E-state index contributed by atoms with van der Waals surface area (Å²) in [5, 5.41) is 9.59. The van der Waals surface area contributed by atoms with E-state index in [1.54, 1.807) is 14.0 Å². The van der Waals surface area contributed by atoms with Crippen LogP contribution in [0.3, 0.4) is 0 Å². The molecule has 90 valence electrons. The van der Waals surface area contributed by atoms with Gasteiger partial charge in [0.25, 0.3) is 0 Å². The first-order valence-corrected chi connectivity index (χ1v) is 5.97. The van der Waals surface area contributed by atoms with Gasteiger partial charge in [-0.05, 0) is 26.0 Å². The summed E-state index contributed by atoms with van der Waals surface area (Å²) in [4.78, 5) is 0. The zero-order valence-corrected chi connectivity index (χ0v) is 11.3. The Balaban J connectivity index is 2.80. The minimum absolute atomic E-state index is 0.0285. The minimum atomic E-state index is -0.541. The SMILES string of the molecule is COC(C)COc1cc(Br)ccc1[C@H](C)O. The van der Waals surface area contributed by atoms with Crippen molar-refractivity contribution in [2.24, 2.45) is 0 Å². The normalized spacial score (nSPS) is 14.6. The van der Waals surface area contributed by atoms with Gasteiger partial charge in [0.1, 0.15) is 12.4 Å². The molecule has 0 aromatic heterocycles. The van der Waals surface area contributed by atoms with Gasteiger partial charge in [-0.1, -0.05) is 22.0 Å². The average Bonchev–Trinajstić information content (AvgIpc) is 2.25. The first-order chi connectivity index (χ1) is 7.54. The van der Waals surface area contributed by atoms with E-state index < -0.39 is 6.10 Å². The Morgan fingerprint density at radius 3 is 2.62 bits per heavy atom. The van der Waals surface area contributed by atoms with Gasteiger partial charge in [-0.25, -0.2) is 0 Å². The maximum absolute atomic E-state index is 9.59. The Hall–Kier alpha value is -0.580. The quantitative estimate of drug-likeness (QED) is 0.905. The second kappa shape index (κ2) is 6.23. The highest BCUT2D eigenvalue weighted by Crippen LogP contribution is 2.28. The number of hydrogen-bond acceptors (Lipinski definition) is 3. The molecule has 0 aliphatic carbocycles. The zero-order valence-electron chi connectivity index (χ0n) is 9.74. The predicted octanol–water partition coefficient (Wildman–Crippen LogP) is 2.92. The van der Waals surface area contributed by atoms with Gasteiger partial charge in [-0.2, -0.15) is 0 Å². The van der Waals surface area contributed by atoms with Crippen molar-refractivity contribution in [2.45, 2.75) is 26.1 Å². The number of methoxy groups -OCH3 is 1. The van der Waals surface area contributed by atoms with Crippen LogP contribution in [-0.4, -0.2) is 24.9 Å². The lowest BCUT2D eigenvalue weighted by molar-refractivity contribution is 0.0699. The molecule has 0 heterocycles. The maximum atomic E-state index is 9.59. The van der Waals surface area contributed by atoms with E-state index in [1.807, 2.05) is 25.1 Å². The molecule has 16 heavy (non-hydrogen) atoms. The van der Waals surface area contributed by atoms with Gasteiger partial charge in [0, 0.05) is 17.1 Å². The smallest absolute Gasteiger partial charge is 0.126 e. The van der Waals surface area contributed by atoms with E-state index in [0.29, 0.717) is 12.4 Å². The van der Waals surface area contributed by atoms with Gasteiger partial charge in [-0.15, -0.1) is 0 Å². The van der Waals surface area contributed by atoms with Crippen molar-refractivity contribution >= 4 is 15.9 Å². The number of rotatable bonds is 5. The summed E-state index contributed by atoms with van der Waals surface area (Å²) >= 11 is 3.38. The van der Waals surface area contributed by atoms with Crippen LogP contribution in [0.5, 0.6) is 5.75 Å². The fourth-order valence-electron chi connectivity index (χ4n) is 1.25. The molecule has 0 amide bonds. The number of aliphatic hydroxyl groups excluding tert-OH is 1. The van der Waals surface area contributed by atoms with Crippen LogP contribution in [0.4, 0.5) is 0 Å². The molecule has 0 radical (unpaired) electrons. The summed E-state index contributed by atoms with van der Waals surface area (Å²) in [5.41, 5.74) is 0.784. The first kappa shape index (κ1) is 13.5. The Morgan fingerprint density at radius 1 is 1.38 bits per heavy atom. The molecule has 0 spiro atoms. The van der Waals surface area contributed by atoms with Crippen LogP contribution in [0.25, 0.3) is 0 Å². The Morgan fingerprint density at radius 2 is 2.06 bits per heavy atom. The molecular formula is C12H17BrO3. The van der Waals surface area contributed by atoms with Crippen molar-refractivity contribution < 1.29 is 14.6 Å². The second-order valence-electron chi connectivity index (χ2n) is 3.72. The Kier molecular flexibility index (Phi) is 5.25. The summed E-state index contributed by atoms with van der Waals surface area (Å²) < 4.78 is 11.6. The topological polar surface area (TPSA) is 38.7 Å². The number of aliphatic hydroxyl groups is 1. The predicted molar refractivity (Wildman–Crippen MR) is 66.7 cm³/mol. The maximum Gasteiger partial charge on any atom is 0.126 e. The van der Waals surface area contributed by atoms with E-state index in [2.05, 4.69) is 15.9 Å². The summed E-state index contributed by atoms with van der Waals surface area (Å²) in [6.45, 7) is 4.11. The third-order valence-corrected chi connectivity index (χ3v) is 2.79. The molecule has 4 heteroatoms. The lowest BCUT2D eigenvalue weighted by Gasteiger charge is -2.16. The number of benzene rings is 1. The molecule has 0 saturated heterocycles. The molecule has 1 aromatic rings. The lowest BCUT2D eigenvalue weighted by Crippen LogP contribution is -2.16. The van der Waals surface area contributed by atoms with Crippen LogP contribution in [0.15, 0.2) is 22.7 Å². The van der Waals surface area contributed by atoms with Gasteiger partial charge in [0.05, 0.1) is 12.2 Å². The van der Waals surface area contributed by atoms with E-state index in [0.717, 1.165) is 10.0 Å². The van der Waals surface area contributed by atoms with Crippen molar-refractivity contribution in [3.05, 3.63) is 28.2 Å². The van der Waals surface area contributed by atoms with Crippen molar-refractivity contribution in [3.8, 4) is 5.75 Å². The van der Waals surface area contributed by atoms with Crippen molar-refractivity contribution in [1.82, 2.24) is 0 Å².